The van der Waals surface area contributed by atoms with E-state index in [4.69, 9.17) is 5.73 Å². The highest BCUT2D eigenvalue weighted by Gasteiger charge is 2.33. The van der Waals surface area contributed by atoms with Gasteiger partial charge in [-0.25, -0.2) is 0 Å². The maximum Gasteiger partial charge on any atom is 0.231 e. The van der Waals surface area contributed by atoms with Crippen molar-refractivity contribution >= 4 is 11.6 Å². The van der Waals surface area contributed by atoms with Crippen molar-refractivity contribution in [2.75, 3.05) is 11.9 Å². The van der Waals surface area contributed by atoms with Crippen molar-refractivity contribution in [1.29, 1.82) is 0 Å². The summed E-state index contributed by atoms with van der Waals surface area (Å²) in [6, 6.07) is 5.10. The molecule has 0 aliphatic rings. The first kappa shape index (κ1) is 14.5. The Balaban J connectivity index is 2.89. The average molecular weight is 250 g/mol. The Labute approximate surface area is 108 Å². The lowest BCUT2D eigenvalue weighted by atomic mass is 9.81. The van der Waals surface area contributed by atoms with Crippen molar-refractivity contribution in [3.63, 3.8) is 0 Å². The molecule has 100 valence electrons. The van der Waals surface area contributed by atoms with Gasteiger partial charge in [-0.05, 0) is 31.4 Å². The Morgan fingerprint density at radius 2 is 2.00 bits per heavy atom. The molecule has 0 atom stereocenters. The Kier molecular flexibility index (Phi) is 4.73. The van der Waals surface area contributed by atoms with Gasteiger partial charge in [0, 0.05) is 18.3 Å². The topological polar surface area (TPSA) is 75.4 Å². The molecule has 0 saturated heterocycles. The van der Waals surface area contributed by atoms with Crippen LogP contribution < -0.4 is 11.1 Å². The highest BCUT2D eigenvalue weighted by atomic mass is 16.3. The van der Waals surface area contributed by atoms with Crippen molar-refractivity contribution in [2.45, 2.75) is 33.6 Å². The Bertz CT molecular complexity index is 418. The third kappa shape index (κ3) is 2.82. The molecule has 0 heterocycles. The third-order valence-corrected chi connectivity index (χ3v) is 3.69. The van der Waals surface area contributed by atoms with Gasteiger partial charge in [0.05, 0.1) is 5.41 Å². The summed E-state index contributed by atoms with van der Waals surface area (Å²) < 4.78 is 0. The second-order valence-corrected chi connectivity index (χ2v) is 4.65. The summed E-state index contributed by atoms with van der Waals surface area (Å²) in [5.41, 5.74) is 6.58. The predicted octanol–water partition coefficient (Wildman–Crippen LogP) is 2.40. The van der Waals surface area contributed by atoms with E-state index < -0.39 is 5.41 Å². The highest BCUT2D eigenvalue weighted by Crippen LogP contribution is 2.28. The van der Waals surface area contributed by atoms with Gasteiger partial charge in [-0.15, -0.1) is 0 Å². The monoisotopic (exact) mass is 250 g/mol. The molecule has 0 unspecified atom stereocenters. The summed E-state index contributed by atoms with van der Waals surface area (Å²) in [7, 11) is 0. The fourth-order valence-electron chi connectivity index (χ4n) is 1.90. The van der Waals surface area contributed by atoms with Crippen molar-refractivity contribution in [3.8, 4) is 5.75 Å². The van der Waals surface area contributed by atoms with Crippen LogP contribution in [0.15, 0.2) is 18.2 Å². The number of amides is 1. The number of phenolic OH excluding ortho intramolecular Hbond substituents is 1. The largest absolute Gasteiger partial charge is 0.508 e. The van der Waals surface area contributed by atoms with E-state index in [2.05, 4.69) is 5.32 Å². The molecule has 1 aromatic rings. The summed E-state index contributed by atoms with van der Waals surface area (Å²) >= 11 is 0. The van der Waals surface area contributed by atoms with Crippen molar-refractivity contribution in [3.05, 3.63) is 23.8 Å². The first-order valence-electron chi connectivity index (χ1n) is 6.30. The summed E-state index contributed by atoms with van der Waals surface area (Å²) in [5, 5.41) is 12.4. The van der Waals surface area contributed by atoms with Crippen LogP contribution in [0.25, 0.3) is 0 Å². The number of rotatable bonds is 5. The SMILES string of the molecule is CCC(CC)(CN)C(=O)Nc1ccc(C)c(O)c1. The molecule has 4 heteroatoms. The number of aryl methyl sites for hydroxylation is 1. The van der Waals surface area contributed by atoms with Gasteiger partial charge < -0.3 is 16.2 Å². The van der Waals surface area contributed by atoms with Gasteiger partial charge in [0.25, 0.3) is 0 Å². The molecule has 0 radical (unpaired) electrons. The lowest BCUT2D eigenvalue weighted by molar-refractivity contribution is -0.125. The number of carbonyl (C=O) groups excluding carboxylic acids is 1. The summed E-state index contributed by atoms with van der Waals surface area (Å²) in [4.78, 5) is 12.3. The third-order valence-electron chi connectivity index (χ3n) is 3.69. The molecule has 1 amide bonds. The molecule has 0 saturated carbocycles. The van der Waals surface area contributed by atoms with Gasteiger partial charge in [0.1, 0.15) is 5.75 Å². The molecule has 18 heavy (non-hydrogen) atoms. The molecule has 4 N–H and O–H groups in total. The minimum Gasteiger partial charge on any atom is -0.508 e. The number of hydrogen-bond donors (Lipinski definition) is 3. The predicted molar refractivity (Wildman–Crippen MR) is 73.5 cm³/mol. The smallest absolute Gasteiger partial charge is 0.231 e. The summed E-state index contributed by atoms with van der Waals surface area (Å²) in [5.74, 6) is 0.0948. The molecule has 4 nitrogen and oxygen atoms in total. The van der Waals surface area contributed by atoms with Crippen LogP contribution in [0.3, 0.4) is 0 Å². The second-order valence-electron chi connectivity index (χ2n) is 4.65. The molecule has 0 spiro atoms. The Morgan fingerprint density at radius 1 is 1.39 bits per heavy atom. The number of aromatic hydroxyl groups is 1. The maximum absolute atomic E-state index is 12.3. The van der Waals surface area contributed by atoms with Crippen LogP contribution in [0, 0.1) is 12.3 Å². The molecule has 1 aromatic carbocycles. The number of phenols is 1. The van der Waals surface area contributed by atoms with Crippen LogP contribution in [0.4, 0.5) is 5.69 Å². The fourth-order valence-corrected chi connectivity index (χ4v) is 1.90. The number of benzene rings is 1. The minimum absolute atomic E-state index is 0.0850. The molecule has 0 aromatic heterocycles. The van der Waals surface area contributed by atoms with Gasteiger partial charge in [0.2, 0.25) is 5.91 Å². The highest BCUT2D eigenvalue weighted by molar-refractivity contribution is 5.95. The quantitative estimate of drug-likeness (QED) is 0.751. The minimum atomic E-state index is -0.527. The first-order valence-corrected chi connectivity index (χ1v) is 6.30. The van der Waals surface area contributed by atoms with Crippen LogP contribution in [-0.2, 0) is 4.79 Å². The zero-order chi connectivity index (χ0) is 13.8. The number of nitrogens with two attached hydrogens (primary N) is 1. The summed E-state index contributed by atoms with van der Waals surface area (Å²) in [6.45, 7) is 6.05. The number of hydrogen-bond acceptors (Lipinski definition) is 3. The van der Waals surface area contributed by atoms with Gasteiger partial charge in [-0.1, -0.05) is 19.9 Å². The van der Waals surface area contributed by atoms with Gasteiger partial charge in [-0.3, -0.25) is 4.79 Å². The maximum atomic E-state index is 12.3. The zero-order valence-electron chi connectivity index (χ0n) is 11.3. The Hall–Kier alpha value is -1.55. The molecule has 1 rings (SSSR count). The van der Waals surface area contributed by atoms with E-state index in [0.717, 1.165) is 5.56 Å². The first-order chi connectivity index (χ1) is 8.49. The van der Waals surface area contributed by atoms with Crippen LogP contribution >= 0.6 is 0 Å². The molecular formula is C14H22N2O2. The lowest BCUT2D eigenvalue weighted by Gasteiger charge is -2.28. The van der Waals surface area contributed by atoms with Gasteiger partial charge in [0.15, 0.2) is 0 Å². The van der Waals surface area contributed by atoms with Gasteiger partial charge >= 0.3 is 0 Å². The van der Waals surface area contributed by atoms with E-state index in [1.165, 1.54) is 0 Å². The zero-order valence-corrected chi connectivity index (χ0v) is 11.3. The van der Waals surface area contributed by atoms with Crippen molar-refractivity contribution in [1.82, 2.24) is 0 Å². The number of nitrogens with one attached hydrogen (secondary N) is 1. The van der Waals surface area contributed by atoms with Gasteiger partial charge in [-0.2, -0.15) is 0 Å². The normalized spacial score (nSPS) is 11.3. The second kappa shape index (κ2) is 5.87. The van der Waals surface area contributed by atoms with Crippen LogP contribution in [0.5, 0.6) is 5.75 Å². The van der Waals surface area contributed by atoms with Crippen LogP contribution in [-0.4, -0.2) is 17.6 Å². The molecule has 0 fully saturated rings. The standard InChI is InChI=1S/C14H22N2O2/c1-4-14(5-2,9-15)13(18)16-11-7-6-10(3)12(17)8-11/h6-8,17H,4-5,9,15H2,1-3H3,(H,16,18). The molecule has 0 aliphatic heterocycles. The average Bonchev–Trinajstić information content (AvgIpc) is 2.37. The van der Waals surface area contributed by atoms with Crippen molar-refractivity contribution < 1.29 is 9.90 Å². The van der Waals surface area contributed by atoms with Crippen molar-refractivity contribution in [2.24, 2.45) is 11.1 Å². The van der Waals surface area contributed by atoms with E-state index in [0.29, 0.717) is 25.1 Å². The van der Waals surface area contributed by atoms with E-state index in [-0.39, 0.29) is 11.7 Å². The number of anilines is 1. The Morgan fingerprint density at radius 3 is 2.44 bits per heavy atom. The van der Waals surface area contributed by atoms with Crippen LogP contribution in [0.2, 0.25) is 0 Å². The van der Waals surface area contributed by atoms with E-state index in [1.807, 2.05) is 20.8 Å². The van der Waals surface area contributed by atoms with E-state index >= 15 is 0 Å². The van der Waals surface area contributed by atoms with Crippen LogP contribution in [0.1, 0.15) is 32.3 Å². The lowest BCUT2D eigenvalue weighted by Crippen LogP contribution is -2.41. The van der Waals surface area contributed by atoms with E-state index in [9.17, 15) is 9.90 Å². The molecular weight excluding hydrogens is 228 g/mol. The molecule has 0 aliphatic carbocycles. The van der Waals surface area contributed by atoms with E-state index in [1.54, 1.807) is 18.2 Å². The fraction of sp³-hybridized carbons (Fsp3) is 0.500. The summed E-state index contributed by atoms with van der Waals surface area (Å²) in [6.07, 6.45) is 1.40. The molecule has 0 bridgehead atoms. The number of carbonyl (C=O) groups is 1.